The molecule has 0 saturated carbocycles. The van der Waals surface area contributed by atoms with Crippen molar-refractivity contribution in [1.29, 1.82) is 0 Å². The summed E-state index contributed by atoms with van der Waals surface area (Å²) < 4.78 is 0. The molecule has 0 aliphatic carbocycles. The van der Waals surface area contributed by atoms with E-state index in [4.69, 9.17) is 4.98 Å². The Balaban J connectivity index is 1.59. The van der Waals surface area contributed by atoms with Crippen LogP contribution in [0.5, 0.6) is 0 Å². The molecule has 1 radical (unpaired) electrons. The molecule has 4 aromatic rings. The molecule has 3 heterocycles. The number of nitrogens with one attached hydrogen (secondary N) is 1. The van der Waals surface area contributed by atoms with Crippen LogP contribution in [0.3, 0.4) is 0 Å². The van der Waals surface area contributed by atoms with E-state index < -0.39 is 0 Å². The van der Waals surface area contributed by atoms with E-state index in [9.17, 15) is 0 Å². The summed E-state index contributed by atoms with van der Waals surface area (Å²) in [6.45, 7) is 3.11. The predicted octanol–water partition coefficient (Wildman–Crippen LogP) is 4.32. The number of aromatic nitrogens is 5. The van der Waals surface area contributed by atoms with E-state index >= 15 is 0 Å². The number of imidazole rings is 1. The fourth-order valence-electron chi connectivity index (χ4n) is 4.04. The summed E-state index contributed by atoms with van der Waals surface area (Å²) in [5.74, 6) is 1.02. The lowest BCUT2D eigenvalue weighted by atomic mass is 10.1. The number of rotatable bonds is 4. The number of aryl methyl sites for hydroxylation is 1. The van der Waals surface area contributed by atoms with Crippen molar-refractivity contribution in [3.8, 4) is 5.69 Å². The standard InChI is InChI=1S/C21H21N6S/c1-14-5-3-6-18(27-22-10-11-23-27)20(14)26-12-4-7-19(26)21-24-16-9-8-15(28-2)13-17(16)25-21/h3,5,8-11,13,19H,4,7,12H2,1-2H3,(H,24,25)/t19-/m0/s1. The molecule has 1 saturated heterocycles. The van der Waals surface area contributed by atoms with Gasteiger partial charge in [-0.25, -0.2) is 4.98 Å². The van der Waals surface area contributed by atoms with Gasteiger partial charge in [-0.3, -0.25) is 0 Å². The highest BCUT2D eigenvalue weighted by atomic mass is 32.2. The van der Waals surface area contributed by atoms with E-state index in [2.05, 4.69) is 63.6 Å². The molecule has 0 unspecified atom stereocenters. The van der Waals surface area contributed by atoms with Crippen molar-refractivity contribution in [3.05, 3.63) is 60.2 Å². The van der Waals surface area contributed by atoms with Gasteiger partial charge in [0.2, 0.25) is 0 Å². The molecule has 1 fully saturated rings. The zero-order valence-corrected chi connectivity index (χ0v) is 16.7. The van der Waals surface area contributed by atoms with Crippen LogP contribution in [0.15, 0.2) is 47.6 Å². The summed E-state index contributed by atoms with van der Waals surface area (Å²) >= 11 is 1.75. The average molecular weight is 390 g/mol. The summed E-state index contributed by atoms with van der Waals surface area (Å²) in [7, 11) is 0. The van der Waals surface area contributed by atoms with Gasteiger partial charge in [0, 0.05) is 17.5 Å². The highest BCUT2D eigenvalue weighted by Gasteiger charge is 2.31. The molecule has 6 nitrogen and oxygen atoms in total. The van der Waals surface area contributed by atoms with Crippen molar-refractivity contribution < 1.29 is 0 Å². The number of H-pyrrole nitrogens is 1. The lowest BCUT2D eigenvalue weighted by Crippen LogP contribution is -2.26. The molecule has 2 aromatic heterocycles. The van der Waals surface area contributed by atoms with E-state index in [1.54, 1.807) is 29.0 Å². The molecule has 0 bridgehead atoms. The second-order valence-electron chi connectivity index (χ2n) is 7.03. The monoisotopic (exact) mass is 389 g/mol. The van der Waals surface area contributed by atoms with Crippen molar-refractivity contribution in [2.45, 2.75) is 30.7 Å². The summed E-state index contributed by atoms with van der Waals surface area (Å²) in [5, 5.41) is 8.67. The Morgan fingerprint density at radius 3 is 2.89 bits per heavy atom. The van der Waals surface area contributed by atoms with Gasteiger partial charge < -0.3 is 9.88 Å². The van der Waals surface area contributed by atoms with Gasteiger partial charge in [-0.1, -0.05) is 12.1 Å². The van der Waals surface area contributed by atoms with Gasteiger partial charge in [0.25, 0.3) is 0 Å². The van der Waals surface area contributed by atoms with Gasteiger partial charge >= 0.3 is 0 Å². The number of thioether (sulfide) groups is 1. The van der Waals surface area contributed by atoms with Crippen LogP contribution >= 0.6 is 11.8 Å². The number of nitrogens with zero attached hydrogens (tertiary/aromatic N) is 5. The number of hydrogen-bond acceptors (Lipinski definition) is 5. The Morgan fingerprint density at radius 2 is 2.07 bits per heavy atom. The first-order valence-electron chi connectivity index (χ1n) is 9.43. The van der Waals surface area contributed by atoms with Crippen LogP contribution in [0.4, 0.5) is 5.69 Å². The van der Waals surface area contributed by atoms with E-state index in [1.807, 2.05) is 6.07 Å². The predicted molar refractivity (Wildman–Crippen MR) is 112 cm³/mol. The van der Waals surface area contributed by atoms with Crippen molar-refractivity contribution in [1.82, 2.24) is 25.0 Å². The molecule has 1 aliphatic rings. The normalized spacial score (nSPS) is 16.9. The zero-order chi connectivity index (χ0) is 19.1. The molecule has 0 amide bonds. The third kappa shape index (κ3) is 2.86. The maximum atomic E-state index is 4.91. The Hall–Kier alpha value is -2.80. The van der Waals surface area contributed by atoms with Crippen LogP contribution in [0.2, 0.25) is 0 Å². The third-order valence-electron chi connectivity index (χ3n) is 5.33. The van der Waals surface area contributed by atoms with Gasteiger partial charge in [-0.05, 0) is 49.8 Å². The summed E-state index contributed by atoms with van der Waals surface area (Å²) in [5.41, 5.74) is 5.33. The molecule has 1 atom stereocenters. The van der Waals surface area contributed by atoms with E-state index in [-0.39, 0.29) is 6.04 Å². The van der Waals surface area contributed by atoms with E-state index in [0.29, 0.717) is 0 Å². The van der Waals surface area contributed by atoms with Crippen LogP contribution in [0.25, 0.3) is 16.7 Å². The quantitative estimate of drug-likeness (QED) is 0.527. The van der Waals surface area contributed by atoms with Crippen molar-refractivity contribution >= 4 is 28.5 Å². The minimum atomic E-state index is 0.203. The topological polar surface area (TPSA) is 62.6 Å². The van der Waals surface area contributed by atoms with Crippen LogP contribution < -0.4 is 4.90 Å². The lowest BCUT2D eigenvalue weighted by molar-refractivity contribution is 0.669. The second kappa shape index (κ2) is 6.98. The van der Waals surface area contributed by atoms with Crippen molar-refractivity contribution in [3.63, 3.8) is 0 Å². The first-order chi connectivity index (χ1) is 13.7. The molecule has 5 rings (SSSR count). The van der Waals surface area contributed by atoms with Crippen LogP contribution in [0, 0.1) is 13.0 Å². The van der Waals surface area contributed by atoms with Crippen LogP contribution in [0.1, 0.15) is 30.3 Å². The van der Waals surface area contributed by atoms with E-state index in [0.717, 1.165) is 47.6 Å². The fourth-order valence-corrected chi connectivity index (χ4v) is 4.48. The zero-order valence-electron chi connectivity index (χ0n) is 15.9. The van der Waals surface area contributed by atoms with Gasteiger partial charge in [0.15, 0.2) is 0 Å². The van der Waals surface area contributed by atoms with Crippen molar-refractivity contribution in [2.24, 2.45) is 0 Å². The Bertz CT molecular complexity index is 1120. The minimum absolute atomic E-state index is 0.203. The molecule has 1 aliphatic heterocycles. The second-order valence-corrected chi connectivity index (χ2v) is 7.91. The Morgan fingerprint density at radius 1 is 1.21 bits per heavy atom. The Labute approximate surface area is 168 Å². The van der Waals surface area contributed by atoms with Crippen LogP contribution in [-0.2, 0) is 0 Å². The Kier molecular flexibility index (Phi) is 4.31. The van der Waals surface area contributed by atoms with Gasteiger partial charge in [0.1, 0.15) is 11.5 Å². The molecule has 0 spiro atoms. The molecule has 1 N–H and O–H groups in total. The van der Waals surface area contributed by atoms with E-state index in [1.165, 1.54) is 10.5 Å². The summed E-state index contributed by atoms with van der Waals surface area (Å²) in [6, 6.07) is 14.0. The maximum Gasteiger partial charge on any atom is 0.130 e. The molecular formula is C21H21N6S. The number of aromatic amines is 1. The average Bonchev–Trinajstić information content (AvgIpc) is 3.46. The highest BCUT2D eigenvalue weighted by molar-refractivity contribution is 7.98. The first-order valence-corrected chi connectivity index (χ1v) is 10.7. The molecule has 7 heteroatoms. The molecular weight excluding hydrogens is 368 g/mol. The van der Waals surface area contributed by atoms with Crippen LogP contribution in [-0.4, -0.2) is 37.8 Å². The smallest absolute Gasteiger partial charge is 0.130 e. The number of benzene rings is 2. The maximum absolute atomic E-state index is 4.91. The molecule has 2 aromatic carbocycles. The summed E-state index contributed by atoms with van der Waals surface area (Å²) in [6.07, 6.45) is 7.68. The fraction of sp³-hybridized carbons (Fsp3) is 0.286. The van der Waals surface area contributed by atoms with Crippen molar-refractivity contribution in [2.75, 3.05) is 17.7 Å². The SMILES string of the molecule is CSc1ccc2nc([C@@H]3CCCN3c3c(-n4nccn4)[c]ccc3C)[nH]c2c1. The molecule has 141 valence electrons. The third-order valence-corrected chi connectivity index (χ3v) is 6.06. The minimum Gasteiger partial charge on any atom is -0.359 e. The molecule has 28 heavy (non-hydrogen) atoms. The summed E-state index contributed by atoms with van der Waals surface area (Å²) in [4.78, 5) is 13.8. The van der Waals surface area contributed by atoms with Gasteiger partial charge in [0.05, 0.1) is 35.2 Å². The number of anilines is 1. The first kappa shape index (κ1) is 17.3. The van der Waals surface area contributed by atoms with Gasteiger partial charge in [-0.15, -0.1) is 16.6 Å². The highest BCUT2D eigenvalue weighted by Crippen LogP contribution is 2.40. The van der Waals surface area contributed by atoms with Gasteiger partial charge in [-0.2, -0.15) is 10.2 Å². The lowest BCUT2D eigenvalue weighted by Gasteiger charge is -2.28. The largest absolute Gasteiger partial charge is 0.359 e. The number of hydrogen-bond donors (Lipinski definition) is 1. The number of fused-ring (bicyclic) bond motifs is 1.